The van der Waals surface area contributed by atoms with E-state index in [1.807, 2.05) is 13.1 Å². The summed E-state index contributed by atoms with van der Waals surface area (Å²) in [7, 11) is 1.84. The molecule has 0 aliphatic carbocycles. The van der Waals surface area contributed by atoms with E-state index in [0.717, 1.165) is 18.5 Å². The number of benzene rings is 1. The monoisotopic (exact) mass is 265 g/mol. The first-order chi connectivity index (χ1) is 8.54. The Morgan fingerprint density at radius 2 is 2.11 bits per heavy atom. The maximum atomic E-state index is 11.6. The molecule has 0 bridgehead atoms. The van der Waals surface area contributed by atoms with E-state index < -0.39 is 0 Å². The van der Waals surface area contributed by atoms with Crippen molar-refractivity contribution in [3.63, 3.8) is 0 Å². The lowest BCUT2D eigenvalue weighted by Gasteiger charge is -2.27. The predicted molar refractivity (Wildman–Crippen MR) is 76.2 cm³/mol. The molecule has 0 radical (unpaired) electrons. The highest BCUT2D eigenvalue weighted by Crippen LogP contribution is 2.35. The number of hydrogen-bond acceptors (Lipinski definition) is 1. The largest absolute Gasteiger partial charge is 0.315 e. The molecule has 2 atom stereocenters. The van der Waals surface area contributed by atoms with Crippen LogP contribution in [0.3, 0.4) is 0 Å². The lowest BCUT2D eigenvalue weighted by Crippen LogP contribution is -2.31. The van der Waals surface area contributed by atoms with Crippen LogP contribution in [0.15, 0.2) is 18.2 Å². The van der Waals surface area contributed by atoms with Crippen LogP contribution >= 0.6 is 11.6 Å². The van der Waals surface area contributed by atoms with Gasteiger partial charge in [-0.1, -0.05) is 32.4 Å². The third-order valence-electron chi connectivity index (χ3n) is 3.91. The van der Waals surface area contributed by atoms with Crippen LogP contribution in [-0.4, -0.2) is 13.0 Å². The number of alkyl halides is 1. The van der Waals surface area contributed by atoms with Crippen molar-refractivity contribution in [2.24, 2.45) is 5.92 Å². The number of carbonyl (C=O) groups is 1. The van der Waals surface area contributed by atoms with Crippen molar-refractivity contribution in [3.05, 3.63) is 29.3 Å². The van der Waals surface area contributed by atoms with Gasteiger partial charge >= 0.3 is 0 Å². The van der Waals surface area contributed by atoms with Gasteiger partial charge in [-0.05, 0) is 29.5 Å². The first-order valence-corrected chi connectivity index (χ1v) is 7.01. The Kier molecular flexibility index (Phi) is 3.96. The van der Waals surface area contributed by atoms with E-state index in [1.165, 1.54) is 11.1 Å². The predicted octanol–water partition coefficient (Wildman–Crippen LogP) is 3.92. The van der Waals surface area contributed by atoms with Crippen molar-refractivity contribution in [3.8, 4) is 0 Å². The zero-order valence-corrected chi connectivity index (χ0v) is 12.0. The van der Waals surface area contributed by atoms with E-state index in [4.69, 9.17) is 11.6 Å². The van der Waals surface area contributed by atoms with Crippen LogP contribution < -0.4 is 4.90 Å². The Morgan fingerprint density at radius 3 is 2.78 bits per heavy atom. The summed E-state index contributed by atoms with van der Waals surface area (Å²) in [4.78, 5) is 13.4. The van der Waals surface area contributed by atoms with Crippen LogP contribution in [0.25, 0.3) is 0 Å². The summed E-state index contributed by atoms with van der Waals surface area (Å²) in [5, 5.41) is 0.0586. The van der Waals surface area contributed by atoms with Gasteiger partial charge in [-0.15, -0.1) is 11.6 Å². The average molecular weight is 266 g/mol. The third kappa shape index (κ3) is 2.39. The number of amides is 1. The number of halogens is 1. The van der Waals surface area contributed by atoms with Crippen molar-refractivity contribution >= 4 is 23.2 Å². The molecule has 18 heavy (non-hydrogen) atoms. The quantitative estimate of drug-likeness (QED) is 0.759. The van der Waals surface area contributed by atoms with Crippen molar-refractivity contribution < 1.29 is 4.79 Å². The van der Waals surface area contributed by atoms with Crippen molar-refractivity contribution in [1.29, 1.82) is 0 Å². The Bertz CT molecular complexity index is 458. The molecule has 3 heteroatoms. The highest BCUT2D eigenvalue weighted by atomic mass is 35.5. The standard InChI is InChI=1S/C15H20ClNO/c1-4-10(2)15(16)12-5-7-13-11(9-12)6-8-14(18)17(13)3/h5,7,9-10,15H,4,6,8H2,1-3H3. The summed E-state index contributed by atoms with van der Waals surface area (Å²) in [5.41, 5.74) is 3.44. The van der Waals surface area contributed by atoms with Crippen molar-refractivity contribution in [1.82, 2.24) is 0 Å². The molecule has 1 aliphatic heterocycles. The molecule has 2 unspecified atom stereocenters. The highest BCUT2D eigenvalue weighted by Gasteiger charge is 2.23. The van der Waals surface area contributed by atoms with Gasteiger partial charge in [0.15, 0.2) is 0 Å². The molecule has 1 amide bonds. The van der Waals surface area contributed by atoms with Gasteiger partial charge in [-0.3, -0.25) is 4.79 Å². The molecular formula is C15H20ClNO. The Balaban J connectivity index is 2.31. The topological polar surface area (TPSA) is 20.3 Å². The number of aryl methyl sites for hydroxylation is 1. The van der Waals surface area contributed by atoms with Gasteiger partial charge in [0.05, 0.1) is 5.38 Å². The molecule has 0 saturated heterocycles. The van der Waals surface area contributed by atoms with E-state index in [9.17, 15) is 4.79 Å². The fraction of sp³-hybridized carbons (Fsp3) is 0.533. The second-order valence-electron chi connectivity index (χ2n) is 5.13. The fourth-order valence-corrected chi connectivity index (χ4v) is 2.70. The van der Waals surface area contributed by atoms with Gasteiger partial charge in [-0.2, -0.15) is 0 Å². The van der Waals surface area contributed by atoms with Crippen LogP contribution in [0.2, 0.25) is 0 Å². The van der Waals surface area contributed by atoms with Gasteiger partial charge < -0.3 is 4.90 Å². The molecule has 1 aliphatic rings. The Hall–Kier alpha value is -1.02. The first-order valence-electron chi connectivity index (χ1n) is 6.58. The smallest absolute Gasteiger partial charge is 0.227 e. The minimum atomic E-state index is 0.0586. The van der Waals surface area contributed by atoms with Crippen LogP contribution in [0.4, 0.5) is 5.69 Å². The fourth-order valence-electron chi connectivity index (χ4n) is 2.38. The van der Waals surface area contributed by atoms with E-state index in [0.29, 0.717) is 12.3 Å². The van der Waals surface area contributed by atoms with Crippen LogP contribution in [0.5, 0.6) is 0 Å². The summed E-state index contributed by atoms with van der Waals surface area (Å²) in [6.07, 6.45) is 2.50. The number of carbonyl (C=O) groups excluding carboxylic acids is 1. The zero-order valence-electron chi connectivity index (χ0n) is 11.2. The molecule has 2 rings (SSSR count). The molecule has 0 spiro atoms. The summed E-state index contributed by atoms with van der Waals surface area (Å²) >= 11 is 6.48. The third-order valence-corrected chi connectivity index (χ3v) is 4.59. The molecule has 0 N–H and O–H groups in total. The summed E-state index contributed by atoms with van der Waals surface area (Å²) in [5.74, 6) is 0.660. The minimum absolute atomic E-state index is 0.0586. The number of nitrogens with zero attached hydrogens (tertiary/aromatic N) is 1. The molecule has 2 nitrogen and oxygen atoms in total. The molecule has 0 fully saturated rings. The maximum Gasteiger partial charge on any atom is 0.227 e. The molecule has 1 aromatic carbocycles. The van der Waals surface area contributed by atoms with E-state index in [2.05, 4.69) is 26.0 Å². The number of hydrogen-bond donors (Lipinski definition) is 0. The van der Waals surface area contributed by atoms with Crippen LogP contribution in [-0.2, 0) is 11.2 Å². The van der Waals surface area contributed by atoms with Crippen molar-refractivity contribution in [2.75, 3.05) is 11.9 Å². The van der Waals surface area contributed by atoms with Gasteiger partial charge in [0.1, 0.15) is 0 Å². The number of fused-ring (bicyclic) bond motifs is 1. The molecule has 1 aromatic rings. The highest BCUT2D eigenvalue weighted by molar-refractivity contribution is 6.21. The molecular weight excluding hydrogens is 246 g/mol. The zero-order chi connectivity index (χ0) is 13.3. The second-order valence-corrected chi connectivity index (χ2v) is 5.60. The number of rotatable bonds is 3. The second kappa shape index (κ2) is 5.31. The van der Waals surface area contributed by atoms with Crippen LogP contribution in [0, 0.1) is 5.92 Å². The summed E-state index contributed by atoms with van der Waals surface area (Å²) in [6.45, 7) is 4.33. The Labute approximate surface area is 114 Å². The molecule has 0 aromatic heterocycles. The van der Waals surface area contributed by atoms with E-state index in [-0.39, 0.29) is 11.3 Å². The van der Waals surface area contributed by atoms with Gasteiger partial charge in [0.2, 0.25) is 5.91 Å². The van der Waals surface area contributed by atoms with Gasteiger partial charge in [0.25, 0.3) is 0 Å². The normalized spacial score (nSPS) is 18.4. The SMILES string of the molecule is CCC(C)C(Cl)c1ccc2c(c1)CCC(=O)N2C. The minimum Gasteiger partial charge on any atom is -0.315 e. The molecule has 0 saturated carbocycles. The maximum absolute atomic E-state index is 11.6. The molecule has 1 heterocycles. The van der Waals surface area contributed by atoms with Crippen LogP contribution in [0.1, 0.15) is 43.2 Å². The number of anilines is 1. The van der Waals surface area contributed by atoms with E-state index in [1.54, 1.807) is 4.90 Å². The summed E-state index contributed by atoms with van der Waals surface area (Å²) in [6, 6.07) is 6.25. The average Bonchev–Trinajstić information content (AvgIpc) is 2.41. The molecule has 98 valence electrons. The van der Waals surface area contributed by atoms with Gasteiger partial charge in [0, 0.05) is 19.2 Å². The lowest BCUT2D eigenvalue weighted by molar-refractivity contribution is -0.118. The first kappa shape index (κ1) is 13.4. The van der Waals surface area contributed by atoms with E-state index >= 15 is 0 Å². The summed E-state index contributed by atoms with van der Waals surface area (Å²) < 4.78 is 0. The van der Waals surface area contributed by atoms with Gasteiger partial charge in [-0.25, -0.2) is 0 Å². The lowest BCUT2D eigenvalue weighted by atomic mass is 9.93. The van der Waals surface area contributed by atoms with Crippen molar-refractivity contribution in [2.45, 2.75) is 38.5 Å². The Morgan fingerprint density at radius 1 is 1.39 bits per heavy atom.